The highest BCUT2D eigenvalue weighted by atomic mass is 19.3. The van der Waals surface area contributed by atoms with E-state index in [-0.39, 0.29) is 18.7 Å². The summed E-state index contributed by atoms with van der Waals surface area (Å²) in [4.78, 5) is 11.1. The number of carbonyl (C=O) groups is 1. The summed E-state index contributed by atoms with van der Waals surface area (Å²) in [6.07, 6.45) is -2.49. The Balaban J connectivity index is 2.50. The van der Waals surface area contributed by atoms with Gasteiger partial charge in [-0.1, -0.05) is 0 Å². The van der Waals surface area contributed by atoms with E-state index in [1.807, 2.05) is 0 Å². The average molecular weight is 259 g/mol. The molecule has 7 heteroatoms. The molecule has 0 aliphatic heterocycles. The third kappa shape index (κ3) is 4.54. The number of nitrogen functional groups attached to an aromatic ring is 1. The number of alkyl halides is 2. The van der Waals surface area contributed by atoms with Gasteiger partial charge in [0.15, 0.2) is 0 Å². The molecular weight excluding hydrogens is 244 g/mol. The summed E-state index contributed by atoms with van der Waals surface area (Å²) in [6, 6.07) is 4.60. The number of halogens is 2. The van der Waals surface area contributed by atoms with Gasteiger partial charge in [0.05, 0.1) is 12.2 Å². The maximum atomic E-state index is 11.8. The van der Waals surface area contributed by atoms with E-state index in [1.54, 1.807) is 12.1 Å². The third-order valence-corrected chi connectivity index (χ3v) is 2.11. The van der Waals surface area contributed by atoms with Gasteiger partial charge in [-0.15, -0.1) is 0 Å². The lowest BCUT2D eigenvalue weighted by atomic mass is 10.1. The van der Waals surface area contributed by atoms with E-state index in [9.17, 15) is 13.6 Å². The van der Waals surface area contributed by atoms with Gasteiger partial charge in [-0.3, -0.25) is 4.79 Å². The van der Waals surface area contributed by atoms with Crippen LogP contribution in [0.15, 0.2) is 18.2 Å². The summed E-state index contributed by atoms with van der Waals surface area (Å²) in [5.74, 6) is -0.592. The second kappa shape index (κ2) is 6.75. The molecule has 18 heavy (non-hydrogen) atoms. The largest absolute Gasteiger partial charge is 0.399 e. The highest BCUT2D eigenvalue weighted by molar-refractivity contribution is 5.99. The first kappa shape index (κ1) is 14.2. The summed E-state index contributed by atoms with van der Waals surface area (Å²) >= 11 is 0. The monoisotopic (exact) mass is 259 g/mol. The molecule has 1 amide bonds. The molecule has 0 bridgehead atoms. The maximum Gasteiger partial charge on any atom is 0.261 e. The van der Waals surface area contributed by atoms with E-state index >= 15 is 0 Å². The van der Waals surface area contributed by atoms with Crippen LogP contribution in [0, 0.1) is 0 Å². The van der Waals surface area contributed by atoms with Crippen LogP contribution in [0.25, 0.3) is 0 Å². The molecule has 100 valence electrons. The Bertz CT molecular complexity index is 413. The predicted molar refractivity (Wildman–Crippen MR) is 64.7 cm³/mol. The van der Waals surface area contributed by atoms with Crippen LogP contribution >= 0.6 is 0 Å². The quantitative estimate of drug-likeness (QED) is 0.504. The zero-order valence-electron chi connectivity index (χ0n) is 9.66. The molecule has 0 atom stereocenters. The van der Waals surface area contributed by atoms with Crippen molar-refractivity contribution in [2.24, 2.45) is 5.73 Å². The van der Waals surface area contributed by atoms with Crippen LogP contribution in [-0.4, -0.2) is 32.1 Å². The van der Waals surface area contributed by atoms with E-state index < -0.39 is 18.9 Å². The summed E-state index contributed by atoms with van der Waals surface area (Å²) in [5.41, 5.74) is 12.0. The number of nitrogens with two attached hydrogens (primary N) is 2. The van der Waals surface area contributed by atoms with Gasteiger partial charge in [0, 0.05) is 17.9 Å². The number of carbonyl (C=O) groups excluding carboxylic acids is 1. The molecule has 1 aromatic rings. The molecule has 0 aromatic heterocycles. The lowest BCUT2D eigenvalue weighted by molar-refractivity contribution is 0.0215. The Morgan fingerprint density at radius 3 is 2.78 bits per heavy atom. The van der Waals surface area contributed by atoms with Gasteiger partial charge < -0.3 is 21.5 Å². The molecule has 0 heterocycles. The Morgan fingerprint density at radius 1 is 1.44 bits per heavy atom. The van der Waals surface area contributed by atoms with Gasteiger partial charge in [-0.25, -0.2) is 8.78 Å². The van der Waals surface area contributed by atoms with Crippen molar-refractivity contribution in [3.05, 3.63) is 23.8 Å². The highest BCUT2D eigenvalue weighted by Gasteiger charge is 2.08. The number of rotatable bonds is 7. The first-order valence-electron chi connectivity index (χ1n) is 5.30. The molecular formula is C11H15F2N3O2. The summed E-state index contributed by atoms with van der Waals surface area (Å²) in [5, 5.41) is 2.86. The molecule has 1 rings (SSSR count). The van der Waals surface area contributed by atoms with Crippen molar-refractivity contribution < 1.29 is 18.3 Å². The van der Waals surface area contributed by atoms with Crippen molar-refractivity contribution in [2.75, 3.05) is 30.8 Å². The van der Waals surface area contributed by atoms with Crippen LogP contribution in [-0.2, 0) is 4.74 Å². The number of nitrogens with one attached hydrogen (secondary N) is 1. The highest BCUT2D eigenvalue weighted by Crippen LogP contribution is 2.18. The number of anilines is 2. The fourth-order valence-corrected chi connectivity index (χ4v) is 1.35. The van der Waals surface area contributed by atoms with E-state index in [4.69, 9.17) is 11.5 Å². The van der Waals surface area contributed by atoms with Crippen molar-refractivity contribution >= 4 is 17.3 Å². The fraction of sp³-hybridized carbons (Fsp3) is 0.364. The van der Waals surface area contributed by atoms with Crippen LogP contribution in [0.3, 0.4) is 0 Å². The number of hydrogen-bond acceptors (Lipinski definition) is 4. The molecule has 0 saturated carbocycles. The van der Waals surface area contributed by atoms with E-state index in [1.165, 1.54) is 6.07 Å². The zero-order chi connectivity index (χ0) is 13.5. The minimum absolute atomic E-state index is 0.0946. The second-order valence-electron chi connectivity index (χ2n) is 3.56. The van der Waals surface area contributed by atoms with Crippen molar-refractivity contribution in [3.8, 4) is 0 Å². The summed E-state index contributed by atoms with van der Waals surface area (Å²) in [6.45, 7) is -0.241. The lowest BCUT2D eigenvalue weighted by Crippen LogP contribution is -2.17. The fourth-order valence-electron chi connectivity index (χ4n) is 1.35. The molecule has 0 radical (unpaired) electrons. The van der Waals surface area contributed by atoms with Crippen molar-refractivity contribution in [1.82, 2.24) is 0 Å². The predicted octanol–water partition coefficient (Wildman–Crippen LogP) is 1.06. The van der Waals surface area contributed by atoms with Crippen LogP contribution in [0.2, 0.25) is 0 Å². The van der Waals surface area contributed by atoms with E-state index in [0.717, 1.165) is 0 Å². The first-order valence-corrected chi connectivity index (χ1v) is 5.30. The first-order chi connectivity index (χ1) is 8.50. The number of amides is 1. The maximum absolute atomic E-state index is 11.8. The SMILES string of the molecule is NC(=O)c1ccc(N)cc1NCCOCC(F)F. The second-order valence-corrected chi connectivity index (χ2v) is 3.56. The van der Waals surface area contributed by atoms with E-state index in [0.29, 0.717) is 11.4 Å². The Labute approximate surface area is 103 Å². The standard InChI is InChI=1S/C11H15F2N3O2/c12-10(13)6-18-4-3-16-9-5-7(14)1-2-8(9)11(15)17/h1-2,5,10,16H,3-4,6,14H2,(H2,15,17). The summed E-state index contributed by atoms with van der Waals surface area (Å²) in [7, 11) is 0. The third-order valence-electron chi connectivity index (χ3n) is 2.11. The molecule has 0 fully saturated rings. The van der Waals surface area contributed by atoms with Crippen LogP contribution in [0.1, 0.15) is 10.4 Å². The smallest absolute Gasteiger partial charge is 0.261 e. The molecule has 0 aliphatic rings. The normalized spacial score (nSPS) is 10.6. The molecule has 1 aromatic carbocycles. The number of benzene rings is 1. The number of primary amides is 1. The van der Waals surface area contributed by atoms with Crippen LogP contribution < -0.4 is 16.8 Å². The van der Waals surface area contributed by atoms with Gasteiger partial charge in [0.2, 0.25) is 0 Å². The molecule has 0 unspecified atom stereocenters. The Morgan fingerprint density at radius 2 is 2.17 bits per heavy atom. The molecule has 5 N–H and O–H groups in total. The number of hydrogen-bond donors (Lipinski definition) is 3. The zero-order valence-corrected chi connectivity index (χ0v) is 9.66. The lowest BCUT2D eigenvalue weighted by Gasteiger charge is -2.11. The molecule has 0 aliphatic carbocycles. The van der Waals surface area contributed by atoms with Gasteiger partial charge >= 0.3 is 0 Å². The van der Waals surface area contributed by atoms with Gasteiger partial charge in [-0.2, -0.15) is 0 Å². The molecule has 0 spiro atoms. The van der Waals surface area contributed by atoms with Crippen molar-refractivity contribution in [1.29, 1.82) is 0 Å². The van der Waals surface area contributed by atoms with Gasteiger partial charge in [0.25, 0.3) is 12.3 Å². The summed E-state index contributed by atoms with van der Waals surface area (Å²) < 4.78 is 28.3. The minimum Gasteiger partial charge on any atom is -0.399 e. The Hall–Kier alpha value is -1.89. The molecule has 0 saturated heterocycles. The van der Waals surface area contributed by atoms with Crippen molar-refractivity contribution in [3.63, 3.8) is 0 Å². The molecule has 5 nitrogen and oxygen atoms in total. The minimum atomic E-state index is -2.49. The number of ether oxygens (including phenoxy) is 1. The van der Waals surface area contributed by atoms with Crippen LogP contribution in [0.4, 0.5) is 20.2 Å². The van der Waals surface area contributed by atoms with Crippen LogP contribution in [0.5, 0.6) is 0 Å². The average Bonchev–Trinajstić information content (AvgIpc) is 2.27. The van der Waals surface area contributed by atoms with Gasteiger partial charge in [0.1, 0.15) is 6.61 Å². The Kier molecular flexibility index (Phi) is 5.31. The van der Waals surface area contributed by atoms with Gasteiger partial charge in [-0.05, 0) is 18.2 Å². The topological polar surface area (TPSA) is 90.4 Å². The van der Waals surface area contributed by atoms with Crippen molar-refractivity contribution in [2.45, 2.75) is 6.43 Å². The van der Waals surface area contributed by atoms with E-state index in [2.05, 4.69) is 10.1 Å².